The van der Waals surface area contributed by atoms with Gasteiger partial charge < -0.3 is 24.2 Å². The van der Waals surface area contributed by atoms with Crippen molar-refractivity contribution in [3.8, 4) is 0 Å². The molecule has 0 aliphatic carbocycles. The van der Waals surface area contributed by atoms with Crippen molar-refractivity contribution in [2.75, 3.05) is 26.4 Å². The van der Waals surface area contributed by atoms with Gasteiger partial charge in [-0.15, -0.1) is 0 Å². The Labute approximate surface area is 424 Å². The number of hydrogen-bond acceptors (Lipinski definition) is 10. The molecule has 12 heteroatoms. The topological polar surface area (TPSA) is 155 Å². The second-order valence-electron chi connectivity index (χ2n) is 16.9. The van der Waals surface area contributed by atoms with Crippen LogP contribution in [0.2, 0.25) is 0 Å². The maximum absolute atomic E-state index is 12.8. The van der Waals surface area contributed by atoms with Crippen LogP contribution in [0.1, 0.15) is 188 Å². The number of allylic oxidation sites excluding steroid dienone is 20. The van der Waals surface area contributed by atoms with E-state index in [2.05, 4.69) is 130 Å². The molecule has 0 saturated heterocycles. The highest BCUT2D eigenvalue weighted by atomic mass is 31.2. The molecule has 3 atom stereocenters. The molecule has 396 valence electrons. The summed E-state index contributed by atoms with van der Waals surface area (Å²) in [6.45, 7) is 4.21. The lowest BCUT2D eigenvalue weighted by molar-refractivity contribution is -0.161. The van der Waals surface area contributed by atoms with Crippen molar-refractivity contribution >= 4 is 25.7 Å². The first kappa shape index (κ1) is 65.9. The number of esters is 3. The van der Waals surface area contributed by atoms with E-state index in [-0.39, 0.29) is 25.9 Å². The Morgan fingerprint density at radius 2 is 0.771 bits per heavy atom. The van der Waals surface area contributed by atoms with E-state index in [1.807, 2.05) is 12.2 Å². The number of rotatable bonds is 47. The number of aliphatic hydroxyl groups is 1. The van der Waals surface area contributed by atoms with Gasteiger partial charge in [0, 0.05) is 19.3 Å². The second kappa shape index (κ2) is 51.2. The van der Waals surface area contributed by atoms with E-state index in [4.69, 9.17) is 23.3 Å². The fourth-order valence-corrected chi connectivity index (χ4v) is 7.16. The number of hydrogen-bond donors (Lipinski definition) is 2. The zero-order valence-corrected chi connectivity index (χ0v) is 44.3. The van der Waals surface area contributed by atoms with Crippen LogP contribution in [0.4, 0.5) is 0 Å². The van der Waals surface area contributed by atoms with Crippen LogP contribution in [0.15, 0.2) is 122 Å². The third-order valence-electron chi connectivity index (χ3n) is 10.4. The SMILES string of the molecule is CC/C=C\C/C=C\C/C=C\C/C=C\C/C=C\C/C=C\CCC(=O)OC(COC(=O)CCCCC/C=C\C/C=C\C/C=C\CC)COP(=O)(O)OCC(CO)OC(=O)CCCCCCC/C=C\CCCC. The van der Waals surface area contributed by atoms with Gasteiger partial charge in [-0.2, -0.15) is 0 Å². The van der Waals surface area contributed by atoms with Crippen LogP contribution >= 0.6 is 7.82 Å². The van der Waals surface area contributed by atoms with Crippen molar-refractivity contribution in [3.05, 3.63) is 122 Å². The molecule has 70 heavy (non-hydrogen) atoms. The first-order chi connectivity index (χ1) is 34.2. The summed E-state index contributed by atoms with van der Waals surface area (Å²) in [4.78, 5) is 48.3. The molecular weight excluding hydrogens is 904 g/mol. The number of carbonyl (C=O) groups excluding carboxylic acids is 3. The molecule has 0 radical (unpaired) electrons. The molecule has 0 heterocycles. The molecule has 3 unspecified atom stereocenters. The van der Waals surface area contributed by atoms with E-state index < -0.39 is 57.8 Å². The molecule has 0 amide bonds. The highest BCUT2D eigenvalue weighted by molar-refractivity contribution is 7.47. The maximum Gasteiger partial charge on any atom is 0.472 e. The Morgan fingerprint density at radius 3 is 1.26 bits per heavy atom. The Morgan fingerprint density at radius 1 is 0.414 bits per heavy atom. The lowest BCUT2D eigenvalue weighted by atomic mass is 10.1. The summed E-state index contributed by atoms with van der Waals surface area (Å²) in [7, 11) is -4.78. The van der Waals surface area contributed by atoms with E-state index in [9.17, 15) is 28.9 Å². The molecule has 0 rings (SSSR count). The molecule has 0 bridgehead atoms. The highest BCUT2D eigenvalue weighted by Crippen LogP contribution is 2.43. The van der Waals surface area contributed by atoms with Gasteiger partial charge in [0.15, 0.2) is 6.10 Å². The molecule has 0 spiro atoms. The van der Waals surface area contributed by atoms with Gasteiger partial charge in [0.05, 0.1) is 19.8 Å². The van der Waals surface area contributed by atoms with Crippen LogP contribution in [0, 0.1) is 0 Å². The number of phosphoric acid groups is 1. The minimum Gasteiger partial charge on any atom is -0.462 e. The predicted molar refractivity (Wildman–Crippen MR) is 288 cm³/mol. The van der Waals surface area contributed by atoms with Crippen molar-refractivity contribution in [2.24, 2.45) is 0 Å². The summed E-state index contributed by atoms with van der Waals surface area (Å²) >= 11 is 0. The van der Waals surface area contributed by atoms with Gasteiger partial charge in [-0.05, 0) is 109 Å². The summed E-state index contributed by atoms with van der Waals surface area (Å²) < 4.78 is 39.2. The molecule has 0 fully saturated rings. The standard InChI is InChI=1S/C58H93O11P/c1-4-7-10-13-16-19-22-24-25-26-27-28-29-31-34-37-40-43-46-49-58(62)69-55(51-65-56(60)47-44-41-38-35-33-30-23-20-17-14-11-8-5-2)53-67-70(63,64)66-52-54(50-59)68-57(61)48-45-42-39-36-32-21-18-15-12-9-6-3/h7-8,10-11,15-20,24-25,27-28,30-31,33-34,40,43,54-55,59H,4-6,9,12-14,21-23,26,29,32,35-39,41-42,44-53H2,1-3H3,(H,63,64)/b10-7-,11-8-,18-15-,19-16-,20-17-,25-24-,28-27-,33-30-,34-31-,43-40-. The van der Waals surface area contributed by atoms with E-state index >= 15 is 0 Å². The first-order valence-corrected chi connectivity index (χ1v) is 27.9. The average Bonchev–Trinajstić information content (AvgIpc) is 3.35. The van der Waals surface area contributed by atoms with Crippen LogP contribution in [-0.4, -0.2) is 66.5 Å². The molecule has 11 nitrogen and oxygen atoms in total. The lowest BCUT2D eigenvalue weighted by Gasteiger charge is -2.21. The summed E-state index contributed by atoms with van der Waals surface area (Å²) in [6.07, 6.45) is 61.9. The molecule has 0 aliphatic heterocycles. The van der Waals surface area contributed by atoms with Gasteiger partial charge in [-0.3, -0.25) is 23.4 Å². The Balaban J connectivity index is 4.92. The van der Waals surface area contributed by atoms with Gasteiger partial charge in [-0.25, -0.2) is 4.57 Å². The summed E-state index contributed by atoms with van der Waals surface area (Å²) in [6, 6.07) is 0. The van der Waals surface area contributed by atoms with Gasteiger partial charge in [0.1, 0.15) is 12.7 Å². The summed E-state index contributed by atoms with van der Waals surface area (Å²) in [5.41, 5.74) is 0. The fraction of sp³-hybridized carbons (Fsp3) is 0.603. The van der Waals surface area contributed by atoms with Crippen LogP contribution in [0.25, 0.3) is 0 Å². The largest absolute Gasteiger partial charge is 0.472 e. The number of phosphoric ester groups is 1. The fourth-order valence-electron chi connectivity index (χ4n) is 6.37. The number of carbonyl (C=O) groups is 3. The first-order valence-electron chi connectivity index (χ1n) is 26.4. The third kappa shape index (κ3) is 48.9. The Kier molecular flexibility index (Phi) is 48.2. The van der Waals surface area contributed by atoms with E-state index in [0.717, 1.165) is 109 Å². The van der Waals surface area contributed by atoms with Gasteiger partial charge in [0.2, 0.25) is 0 Å². The van der Waals surface area contributed by atoms with Gasteiger partial charge >= 0.3 is 25.7 Å². The molecular formula is C58H93O11P. The number of aliphatic hydroxyl groups excluding tert-OH is 1. The van der Waals surface area contributed by atoms with Crippen molar-refractivity contribution in [2.45, 2.75) is 200 Å². The summed E-state index contributed by atoms with van der Waals surface area (Å²) in [5.74, 6) is -1.63. The minimum atomic E-state index is -4.78. The van der Waals surface area contributed by atoms with Crippen LogP contribution in [0.3, 0.4) is 0 Å². The average molecular weight is 997 g/mol. The monoisotopic (exact) mass is 997 g/mol. The lowest BCUT2D eigenvalue weighted by Crippen LogP contribution is -2.30. The summed E-state index contributed by atoms with van der Waals surface area (Å²) in [5, 5.41) is 9.76. The quantitative estimate of drug-likeness (QED) is 0.0197. The number of unbranched alkanes of at least 4 members (excludes halogenated alkanes) is 10. The smallest absolute Gasteiger partial charge is 0.462 e. The second-order valence-corrected chi connectivity index (χ2v) is 18.4. The van der Waals surface area contributed by atoms with E-state index in [0.29, 0.717) is 25.7 Å². The van der Waals surface area contributed by atoms with Crippen molar-refractivity contribution in [1.82, 2.24) is 0 Å². The van der Waals surface area contributed by atoms with Crippen LogP contribution in [-0.2, 0) is 42.2 Å². The zero-order chi connectivity index (χ0) is 51.3. The third-order valence-corrected chi connectivity index (χ3v) is 11.3. The van der Waals surface area contributed by atoms with Crippen molar-refractivity contribution in [1.29, 1.82) is 0 Å². The van der Waals surface area contributed by atoms with Crippen molar-refractivity contribution < 1.29 is 52.2 Å². The molecule has 0 aromatic heterocycles. The predicted octanol–water partition coefficient (Wildman–Crippen LogP) is 15.2. The Bertz CT molecular complexity index is 1630. The maximum atomic E-state index is 12.8. The van der Waals surface area contributed by atoms with Gasteiger partial charge in [-0.1, -0.05) is 181 Å². The zero-order valence-electron chi connectivity index (χ0n) is 43.4. The highest BCUT2D eigenvalue weighted by Gasteiger charge is 2.28. The van der Waals surface area contributed by atoms with Gasteiger partial charge in [0.25, 0.3) is 0 Å². The molecule has 0 aromatic carbocycles. The minimum absolute atomic E-state index is 0.0290. The molecule has 2 N–H and O–H groups in total. The molecule has 0 saturated carbocycles. The van der Waals surface area contributed by atoms with E-state index in [1.54, 1.807) is 0 Å². The van der Waals surface area contributed by atoms with Crippen LogP contribution in [0.5, 0.6) is 0 Å². The molecule has 0 aliphatic rings. The van der Waals surface area contributed by atoms with Crippen LogP contribution < -0.4 is 0 Å². The van der Waals surface area contributed by atoms with E-state index in [1.165, 1.54) is 12.8 Å². The number of ether oxygens (including phenoxy) is 3. The molecule has 0 aromatic rings. The normalized spacial score (nSPS) is 14.4. The van der Waals surface area contributed by atoms with Crippen molar-refractivity contribution in [3.63, 3.8) is 0 Å². The Hall–Kier alpha value is -4.12.